The molecule has 146 valence electrons. The van der Waals surface area contributed by atoms with Crippen molar-refractivity contribution in [2.45, 2.75) is 45.8 Å². The van der Waals surface area contributed by atoms with Crippen molar-refractivity contribution in [1.29, 1.82) is 0 Å². The first-order valence-corrected chi connectivity index (χ1v) is 10.1. The number of nitrogens with zero attached hydrogens (tertiary/aromatic N) is 3. The highest BCUT2D eigenvalue weighted by Gasteiger charge is 2.19. The summed E-state index contributed by atoms with van der Waals surface area (Å²) in [6, 6.07) is 16.0. The Morgan fingerprint density at radius 1 is 1.04 bits per heavy atom. The summed E-state index contributed by atoms with van der Waals surface area (Å²) in [5.74, 6) is 1.77. The number of hydrogen-bond acceptors (Lipinski definition) is 3. The lowest BCUT2D eigenvalue weighted by Crippen LogP contribution is -2.35. The maximum atomic E-state index is 13.0. The van der Waals surface area contributed by atoms with Gasteiger partial charge < -0.3 is 14.2 Å². The molecule has 4 rings (SSSR count). The van der Waals surface area contributed by atoms with Crippen LogP contribution in [-0.4, -0.2) is 33.4 Å². The first kappa shape index (κ1) is 18.5. The van der Waals surface area contributed by atoms with Crippen LogP contribution >= 0.6 is 0 Å². The highest BCUT2D eigenvalue weighted by molar-refractivity contribution is 5.81. The van der Waals surface area contributed by atoms with Crippen LogP contribution in [0.1, 0.15) is 37.1 Å². The van der Waals surface area contributed by atoms with E-state index in [1.807, 2.05) is 64.9 Å². The molecule has 2 aromatic carbocycles. The van der Waals surface area contributed by atoms with E-state index in [1.54, 1.807) is 0 Å². The molecule has 0 N–H and O–H groups in total. The van der Waals surface area contributed by atoms with Crippen LogP contribution in [0, 0.1) is 6.92 Å². The van der Waals surface area contributed by atoms with Crippen LogP contribution in [0.5, 0.6) is 5.75 Å². The summed E-state index contributed by atoms with van der Waals surface area (Å²) in [6.07, 6.45) is 4.63. The van der Waals surface area contributed by atoms with Gasteiger partial charge >= 0.3 is 0 Å². The maximum Gasteiger partial charge on any atom is 0.242 e. The third-order valence-electron chi connectivity index (χ3n) is 5.34. The van der Waals surface area contributed by atoms with Crippen molar-refractivity contribution < 1.29 is 9.53 Å². The summed E-state index contributed by atoms with van der Waals surface area (Å²) < 4.78 is 7.99. The standard InChI is InChI=1S/C23H27N3O2/c1-18-9-8-10-19(15-18)28-17-22-24-20-11-4-5-12-21(20)26(22)16-23(27)25-13-6-2-3-7-14-25/h4-5,8-12,15H,2-3,6-7,13-14,16-17H2,1H3. The molecule has 2 heterocycles. The van der Waals surface area contributed by atoms with Crippen LogP contribution in [0.15, 0.2) is 48.5 Å². The molecule has 0 unspecified atom stereocenters. The van der Waals surface area contributed by atoms with E-state index in [9.17, 15) is 4.79 Å². The molecule has 1 fully saturated rings. The van der Waals surface area contributed by atoms with Gasteiger partial charge in [-0.15, -0.1) is 0 Å². The lowest BCUT2D eigenvalue weighted by Gasteiger charge is -2.21. The summed E-state index contributed by atoms with van der Waals surface area (Å²) >= 11 is 0. The van der Waals surface area contributed by atoms with Crippen molar-refractivity contribution in [3.8, 4) is 5.75 Å². The number of benzene rings is 2. The van der Waals surface area contributed by atoms with Gasteiger partial charge in [0.1, 0.15) is 24.7 Å². The zero-order chi connectivity index (χ0) is 19.3. The average molecular weight is 377 g/mol. The van der Waals surface area contributed by atoms with Crippen LogP contribution in [0.2, 0.25) is 0 Å². The molecule has 1 amide bonds. The number of likely N-dealkylation sites (tertiary alicyclic amines) is 1. The van der Waals surface area contributed by atoms with Gasteiger partial charge in [-0.05, 0) is 49.6 Å². The zero-order valence-corrected chi connectivity index (χ0v) is 16.4. The summed E-state index contributed by atoms with van der Waals surface area (Å²) in [4.78, 5) is 19.7. The SMILES string of the molecule is Cc1cccc(OCc2nc3ccccc3n2CC(=O)N2CCCCCC2)c1. The predicted octanol–water partition coefficient (Wildman–Crippen LogP) is 4.33. The highest BCUT2D eigenvalue weighted by Crippen LogP contribution is 2.20. The van der Waals surface area contributed by atoms with Crippen LogP contribution in [0.25, 0.3) is 11.0 Å². The van der Waals surface area contributed by atoms with E-state index < -0.39 is 0 Å². The largest absolute Gasteiger partial charge is 0.486 e. The molecule has 5 nitrogen and oxygen atoms in total. The molecule has 1 saturated heterocycles. The van der Waals surface area contributed by atoms with E-state index in [1.165, 1.54) is 12.8 Å². The quantitative estimate of drug-likeness (QED) is 0.665. The van der Waals surface area contributed by atoms with Gasteiger partial charge in [0.15, 0.2) is 0 Å². The van der Waals surface area contributed by atoms with Crippen LogP contribution in [-0.2, 0) is 17.9 Å². The van der Waals surface area contributed by atoms with E-state index in [2.05, 4.69) is 0 Å². The van der Waals surface area contributed by atoms with Crippen molar-refractivity contribution in [3.05, 3.63) is 59.9 Å². The molecule has 1 aliphatic heterocycles. The predicted molar refractivity (Wildman–Crippen MR) is 110 cm³/mol. The number of imidazole rings is 1. The molecule has 5 heteroatoms. The Morgan fingerprint density at radius 2 is 1.82 bits per heavy atom. The summed E-state index contributed by atoms with van der Waals surface area (Å²) in [6.45, 7) is 4.42. The first-order chi connectivity index (χ1) is 13.7. The smallest absolute Gasteiger partial charge is 0.242 e. The van der Waals surface area contributed by atoms with Crippen LogP contribution in [0.3, 0.4) is 0 Å². The van der Waals surface area contributed by atoms with Crippen molar-refractivity contribution in [3.63, 3.8) is 0 Å². The number of carbonyl (C=O) groups excluding carboxylic acids is 1. The van der Waals surface area contributed by atoms with Crippen LogP contribution < -0.4 is 4.74 Å². The molecule has 1 aromatic heterocycles. The fourth-order valence-corrected chi connectivity index (χ4v) is 3.82. The van der Waals surface area contributed by atoms with Crippen molar-refractivity contribution >= 4 is 16.9 Å². The Bertz CT molecular complexity index is 955. The highest BCUT2D eigenvalue weighted by atomic mass is 16.5. The van der Waals surface area contributed by atoms with Gasteiger partial charge in [0.25, 0.3) is 0 Å². The Hall–Kier alpha value is -2.82. The Morgan fingerprint density at radius 3 is 2.61 bits per heavy atom. The molecule has 1 aliphatic rings. The average Bonchev–Trinajstić information content (AvgIpc) is 2.86. The minimum absolute atomic E-state index is 0.168. The zero-order valence-electron chi connectivity index (χ0n) is 16.4. The number of ether oxygens (including phenoxy) is 1. The third-order valence-corrected chi connectivity index (χ3v) is 5.34. The van der Waals surface area contributed by atoms with Crippen molar-refractivity contribution in [2.75, 3.05) is 13.1 Å². The van der Waals surface area contributed by atoms with Gasteiger partial charge in [0.05, 0.1) is 11.0 Å². The minimum atomic E-state index is 0.168. The second-order valence-electron chi connectivity index (χ2n) is 7.50. The Balaban J connectivity index is 1.57. The van der Waals surface area contributed by atoms with Crippen molar-refractivity contribution in [2.24, 2.45) is 0 Å². The molecular formula is C23H27N3O2. The summed E-state index contributed by atoms with van der Waals surface area (Å²) in [5.41, 5.74) is 3.03. The van der Waals surface area contributed by atoms with E-state index in [-0.39, 0.29) is 5.91 Å². The van der Waals surface area contributed by atoms with Crippen molar-refractivity contribution in [1.82, 2.24) is 14.5 Å². The number of aromatic nitrogens is 2. The molecule has 0 spiro atoms. The number of hydrogen-bond donors (Lipinski definition) is 0. The summed E-state index contributed by atoms with van der Waals surface area (Å²) in [5, 5.41) is 0. The van der Waals surface area contributed by atoms with Crippen LogP contribution in [0.4, 0.5) is 0 Å². The first-order valence-electron chi connectivity index (χ1n) is 10.1. The fourth-order valence-electron chi connectivity index (χ4n) is 3.82. The molecule has 0 saturated carbocycles. The molecule has 0 radical (unpaired) electrons. The number of fused-ring (bicyclic) bond motifs is 1. The monoisotopic (exact) mass is 377 g/mol. The maximum absolute atomic E-state index is 13.0. The van der Waals surface area contributed by atoms with Gasteiger partial charge in [0.2, 0.25) is 5.91 Å². The molecule has 0 atom stereocenters. The normalized spacial score (nSPS) is 14.8. The number of amides is 1. The lowest BCUT2D eigenvalue weighted by atomic mass is 10.2. The van der Waals surface area contributed by atoms with E-state index in [4.69, 9.17) is 9.72 Å². The second-order valence-corrected chi connectivity index (χ2v) is 7.50. The number of rotatable bonds is 5. The van der Waals surface area contributed by atoms with E-state index in [0.717, 1.165) is 54.1 Å². The van der Waals surface area contributed by atoms with E-state index in [0.29, 0.717) is 13.2 Å². The number of para-hydroxylation sites is 2. The van der Waals surface area contributed by atoms with Gasteiger partial charge in [-0.3, -0.25) is 4.79 Å². The van der Waals surface area contributed by atoms with E-state index >= 15 is 0 Å². The van der Waals surface area contributed by atoms with Gasteiger partial charge in [-0.2, -0.15) is 0 Å². The number of aryl methyl sites for hydroxylation is 1. The molecule has 28 heavy (non-hydrogen) atoms. The van der Waals surface area contributed by atoms with Gasteiger partial charge in [-0.25, -0.2) is 4.98 Å². The summed E-state index contributed by atoms with van der Waals surface area (Å²) in [7, 11) is 0. The molecule has 3 aromatic rings. The minimum Gasteiger partial charge on any atom is -0.486 e. The topological polar surface area (TPSA) is 47.4 Å². The molecular weight excluding hydrogens is 350 g/mol. The number of carbonyl (C=O) groups is 1. The molecule has 0 bridgehead atoms. The molecule has 0 aliphatic carbocycles. The fraction of sp³-hybridized carbons (Fsp3) is 0.391. The second kappa shape index (κ2) is 8.46. The Kier molecular flexibility index (Phi) is 5.60. The Labute approximate surface area is 165 Å². The third kappa shape index (κ3) is 4.19. The van der Waals surface area contributed by atoms with Gasteiger partial charge in [0, 0.05) is 13.1 Å². The lowest BCUT2D eigenvalue weighted by molar-refractivity contribution is -0.131. The van der Waals surface area contributed by atoms with Gasteiger partial charge in [-0.1, -0.05) is 37.1 Å².